The second-order valence-corrected chi connectivity index (χ2v) is 5.11. The van der Waals surface area contributed by atoms with E-state index in [4.69, 9.17) is 27.6 Å². The summed E-state index contributed by atoms with van der Waals surface area (Å²) in [5.41, 5.74) is 11.8. The Morgan fingerprint density at radius 1 is 1.21 bits per heavy atom. The van der Waals surface area contributed by atoms with Crippen LogP contribution >= 0.6 is 11.6 Å². The van der Waals surface area contributed by atoms with Crippen molar-refractivity contribution < 1.29 is 9.32 Å². The van der Waals surface area contributed by atoms with Crippen LogP contribution in [0.25, 0.3) is 22.8 Å². The Kier molecular flexibility index (Phi) is 4.21. The number of aliphatic imine (C=N–C) groups is 1. The molecule has 0 saturated carbocycles. The minimum absolute atomic E-state index is 0.171. The van der Waals surface area contributed by atoms with Crippen LogP contribution in [0.3, 0.4) is 0 Å². The maximum Gasteiger partial charge on any atom is 0.281 e. The van der Waals surface area contributed by atoms with Gasteiger partial charge in [0.05, 0.1) is 16.1 Å². The molecule has 3 aromatic rings. The highest BCUT2D eigenvalue weighted by Gasteiger charge is 2.15. The number of halogens is 1. The van der Waals surface area contributed by atoms with Gasteiger partial charge in [0.2, 0.25) is 5.82 Å². The Labute approximate surface area is 141 Å². The molecule has 1 amide bonds. The second-order valence-electron chi connectivity index (χ2n) is 4.70. The fourth-order valence-electron chi connectivity index (χ4n) is 1.95. The van der Waals surface area contributed by atoms with Gasteiger partial charge in [0, 0.05) is 18.0 Å². The summed E-state index contributed by atoms with van der Waals surface area (Å²) in [6.07, 6.45) is 3.26. The van der Waals surface area contributed by atoms with Gasteiger partial charge in [-0.2, -0.15) is 9.98 Å². The van der Waals surface area contributed by atoms with Crippen LogP contribution < -0.4 is 11.5 Å². The van der Waals surface area contributed by atoms with E-state index in [0.29, 0.717) is 22.8 Å². The number of pyridine rings is 1. The molecule has 0 aliphatic heterocycles. The summed E-state index contributed by atoms with van der Waals surface area (Å²) >= 11 is 6.11. The number of carbonyl (C=O) groups is 1. The molecular formula is C15H11ClN6O2. The number of hydrogen-bond acceptors (Lipinski definition) is 5. The Bertz CT molecular complexity index is 919. The molecule has 2 aromatic heterocycles. The first-order valence-electron chi connectivity index (χ1n) is 6.72. The van der Waals surface area contributed by atoms with Gasteiger partial charge in [-0.1, -0.05) is 22.8 Å². The number of benzene rings is 1. The summed E-state index contributed by atoms with van der Waals surface area (Å²) in [4.78, 5) is 23.5. The summed E-state index contributed by atoms with van der Waals surface area (Å²) in [7, 11) is 0. The van der Waals surface area contributed by atoms with Gasteiger partial charge < -0.3 is 16.0 Å². The zero-order valence-corrected chi connectivity index (χ0v) is 12.9. The van der Waals surface area contributed by atoms with Crippen molar-refractivity contribution in [1.82, 2.24) is 15.1 Å². The van der Waals surface area contributed by atoms with Crippen molar-refractivity contribution in [2.45, 2.75) is 0 Å². The van der Waals surface area contributed by atoms with Crippen LogP contribution in [0.1, 0.15) is 10.4 Å². The molecule has 2 heterocycles. The second kappa shape index (κ2) is 6.47. The first-order chi connectivity index (χ1) is 11.5. The summed E-state index contributed by atoms with van der Waals surface area (Å²) in [5, 5.41) is 4.08. The first kappa shape index (κ1) is 15.6. The summed E-state index contributed by atoms with van der Waals surface area (Å²) < 4.78 is 5.21. The third-order valence-corrected chi connectivity index (χ3v) is 3.34. The van der Waals surface area contributed by atoms with Gasteiger partial charge in [0.1, 0.15) is 0 Å². The van der Waals surface area contributed by atoms with E-state index in [0.717, 1.165) is 0 Å². The fourth-order valence-corrected chi connectivity index (χ4v) is 2.21. The molecule has 0 fully saturated rings. The van der Waals surface area contributed by atoms with Crippen LogP contribution in [0.4, 0.5) is 0 Å². The number of amides is 1. The number of aromatic nitrogens is 3. The molecule has 4 N–H and O–H groups in total. The van der Waals surface area contributed by atoms with E-state index in [1.807, 2.05) is 0 Å². The van der Waals surface area contributed by atoms with Gasteiger partial charge in [0.15, 0.2) is 5.96 Å². The zero-order chi connectivity index (χ0) is 17.1. The average molecular weight is 343 g/mol. The van der Waals surface area contributed by atoms with E-state index in [1.165, 1.54) is 12.1 Å². The molecule has 0 bridgehead atoms. The molecule has 0 saturated heterocycles. The largest absolute Gasteiger partial charge is 0.370 e. The van der Waals surface area contributed by atoms with Crippen molar-refractivity contribution in [2.75, 3.05) is 0 Å². The van der Waals surface area contributed by atoms with E-state index < -0.39 is 5.91 Å². The molecule has 24 heavy (non-hydrogen) atoms. The number of rotatable bonds is 3. The number of hydrogen-bond donors (Lipinski definition) is 2. The molecular weight excluding hydrogens is 332 g/mol. The lowest BCUT2D eigenvalue weighted by Gasteiger charge is -2.01. The normalized spacial score (nSPS) is 10.4. The maximum atomic E-state index is 11.8. The molecule has 8 nitrogen and oxygen atoms in total. The summed E-state index contributed by atoms with van der Waals surface area (Å²) in [6, 6.07) is 8.22. The monoisotopic (exact) mass is 342 g/mol. The molecule has 0 aliphatic carbocycles. The van der Waals surface area contributed by atoms with Gasteiger partial charge in [-0.3, -0.25) is 9.78 Å². The Morgan fingerprint density at radius 2 is 2.04 bits per heavy atom. The van der Waals surface area contributed by atoms with Crippen molar-refractivity contribution in [2.24, 2.45) is 16.5 Å². The third-order valence-electron chi connectivity index (χ3n) is 3.02. The average Bonchev–Trinajstić information content (AvgIpc) is 3.05. The van der Waals surface area contributed by atoms with Crippen molar-refractivity contribution >= 4 is 23.5 Å². The van der Waals surface area contributed by atoms with Crippen LogP contribution in [0.5, 0.6) is 0 Å². The van der Waals surface area contributed by atoms with Crippen LogP contribution in [-0.4, -0.2) is 27.0 Å². The molecule has 0 unspecified atom stereocenters. The number of carbonyl (C=O) groups excluding carboxylic acids is 1. The minimum Gasteiger partial charge on any atom is -0.370 e. The van der Waals surface area contributed by atoms with E-state index in [-0.39, 0.29) is 16.5 Å². The molecule has 0 radical (unpaired) electrons. The zero-order valence-electron chi connectivity index (χ0n) is 12.2. The fraction of sp³-hybridized carbons (Fsp3) is 0. The van der Waals surface area contributed by atoms with Gasteiger partial charge in [0.25, 0.3) is 11.8 Å². The SMILES string of the molecule is NC(N)=NC(=O)c1ccc(-c2noc(-c3cccnc3)n2)cc1Cl. The Morgan fingerprint density at radius 3 is 2.71 bits per heavy atom. The Hall–Kier alpha value is -3.26. The van der Waals surface area contributed by atoms with Gasteiger partial charge in [-0.15, -0.1) is 0 Å². The minimum atomic E-state index is -0.629. The summed E-state index contributed by atoms with van der Waals surface area (Å²) in [5.74, 6) is -0.304. The topological polar surface area (TPSA) is 133 Å². The highest BCUT2D eigenvalue weighted by atomic mass is 35.5. The van der Waals surface area contributed by atoms with Gasteiger partial charge in [-0.25, -0.2) is 0 Å². The van der Waals surface area contributed by atoms with Crippen molar-refractivity contribution in [3.63, 3.8) is 0 Å². The quantitative estimate of drug-likeness (QED) is 0.548. The van der Waals surface area contributed by atoms with Crippen LogP contribution in [-0.2, 0) is 0 Å². The molecule has 120 valence electrons. The van der Waals surface area contributed by atoms with Gasteiger partial charge >= 0.3 is 0 Å². The highest BCUT2D eigenvalue weighted by Crippen LogP contribution is 2.26. The molecule has 9 heteroatoms. The predicted molar refractivity (Wildman–Crippen MR) is 88.1 cm³/mol. The lowest BCUT2D eigenvalue weighted by atomic mass is 10.1. The lowest BCUT2D eigenvalue weighted by molar-refractivity contribution is 0.100. The predicted octanol–water partition coefficient (Wildman–Crippen LogP) is 1.87. The standard InChI is InChI=1S/C15H11ClN6O2/c16-11-6-8(3-4-10(11)13(23)21-15(17)18)12-20-14(24-22-12)9-2-1-5-19-7-9/h1-7H,(H4,17,18,21,23). The number of nitrogens with zero attached hydrogens (tertiary/aromatic N) is 4. The van der Waals surface area contributed by atoms with Crippen LogP contribution in [0, 0.1) is 0 Å². The molecule has 0 spiro atoms. The Balaban J connectivity index is 1.91. The third kappa shape index (κ3) is 3.23. The van der Waals surface area contributed by atoms with Crippen molar-refractivity contribution in [1.29, 1.82) is 0 Å². The van der Waals surface area contributed by atoms with Gasteiger partial charge in [-0.05, 0) is 24.3 Å². The number of guanidine groups is 1. The molecule has 1 aromatic carbocycles. The maximum absolute atomic E-state index is 11.8. The smallest absolute Gasteiger partial charge is 0.281 e. The van der Waals surface area contributed by atoms with Crippen LogP contribution in [0.15, 0.2) is 52.2 Å². The van der Waals surface area contributed by atoms with E-state index in [1.54, 1.807) is 30.6 Å². The lowest BCUT2D eigenvalue weighted by Crippen LogP contribution is -2.24. The van der Waals surface area contributed by atoms with E-state index in [9.17, 15) is 4.79 Å². The molecule has 0 aliphatic rings. The summed E-state index contributed by atoms with van der Waals surface area (Å²) in [6.45, 7) is 0. The van der Waals surface area contributed by atoms with E-state index >= 15 is 0 Å². The van der Waals surface area contributed by atoms with Crippen molar-refractivity contribution in [3.05, 3.63) is 53.3 Å². The molecule has 0 atom stereocenters. The van der Waals surface area contributed by atoms with Crippen molar-refractivity contribution in [3.8, 4) is 22.8 Å². The highest BCUT2D eigenvalue weighted by molar-refractivity contribution is 6.34. The first-order valence-corrected chi connectivity index (χ1v) is 7.10. The van der Waals surface area contributed by atoms with E-state index in [2.05, 4.69) is 20.1 Å². The molecule has 3 rings (SSSR count). The number of nitrogens with two attached hydrogens (primary N) is 2. The van der Waals surface area contributed by atoms with Crippen LogP contribution in [0.2, 0.25) is 5.02 Å².